The highest BCUT2D eigenvalue weighted by molar-refractivity contribution is 6.31. The van der Waals surface area contributed by atoms with E-state index in [1.165, 1.54) is 29.9 Å². The maximum atomic E-state index is 15.2. The van der Waals surface area contributed by atoms with Gasteiger partial charge in [0.05, 0.1) is 22.9 Å². The normalized spacial score (nSPS) is 16.3. The van der Waals surface area contributed by atoms with Gasteiger partial charge >= 0.3 is 0 Å². The lowest BCUT2D eigenvalue weighted by Gasteiger charge is -2.26. The summed E-state index contributed by atoms with van der Waals surface area (Å²) in [6.45, 7) is 0.436. The summed E-state index contributed by atoms with van der Waals surface area (Å²) in [4.78, 5) is 0. The van der Waals surface area contributed by atoms with Crippen LogP contribution in [0, 0.1) is 11.7 Å². The van der Waals surface area contributed by atoms with E-state index in [0.29, 0.717) is 23.7 Å². The number of allylic oxidation sites excluding steroid dienone is 3. The number of anilines is 1. The van der Waals surface area contributed by atoms with Crippen molar-refractivity contribution in [3.63, 3.8) is 0 Å². The van der Waals surface area contributed by atoms with Crippen LogP contribution in [0.1, 0.15) is 30.9 Å². The molecule has 2 aromatic carbocycles. The van der Waals surface area contributed by atoms with Crippen LogP contribution in [0.4, 0.5) is 10.1 Å². The second-order valence-corrected chi connectivity index (χ2v) is 9.61. The number of nitrogen functional groups attached to an aromatic ring is 1. The molecule has 6 rings (SSSR count). The number of hydrogen-bond donors (Lipinski definition) is 2. The van der Waals surface area contributed by atoms with Crippen LogP contribution in [-0.4, -0.2) is 36.5 Å². The molecular weight excluding hydrogens is 479 g/mol. The Labute approximate surface area is 212 Å². The lowest BCUT2D eigenvalue weighted by molar-refractivity contribution is 0.437. The summed E-state index contributed by atoms with van der Waals surface area (Å²) >= 11 is 6.13. The van der Waals surface area contributed by atoms with Crippen molar-refractivity contribution in [2.75, 3.05) is 12.3 Å². The number of dihydropyridines is 1. The topological polar surface area (TPSA) is 99.5 Å². The molecule has 0 bridgehead atoms. The van der Waals surface area contributed by atoms with Gasteiger partial charge in [-0.3, -0.25) is 4.68 Å². The summed E-state index contributed by atoms with van der Waals surface area (Å²) < 4.78 is 18.7. The Morgan fingerprint density at radius 2 is 1.94 bits per heavy atom. The van der Waals surface area contributed by atoms with E-state index < -0.39 is 5.82 Å². The number of aromatic nitrogens is 6. The molecule has 1 unspecified atom stereocenters. The molecule has 2 aliphatic rings. The molecule has 2 aromatic heterocycles. The summed E-state index contributed by atoms with van der Waals surface area (Å²) in [5.74, 6) is 0.188. The summed E-state index contributed by atoms with van der Waals surface area (Å²) in [7, 11) is 0. The van der Waals surface area contributed by atoms with Gasteiger partial charge in [-0.15, -0.1) is 5.10 Å². The summed E-state index contributed by atoms with van der Waals surface area (Å²) in [6, 6.07) is 11.1. The Bertz CT molecular complexity index is 1450. The number of rotatable bonds is 7. The van der Waals surface area contributed by atoms with Gasteiger partial charge in [0.15, 0.2) is 5.82 Å². The molecule has 0 radical (unpaired) electrons. The molecule has 0 saturated heterocycles. The van der Waals surface area contributed by atoms with Gasteiger partial charge in [-0.05, 0) is 64.2 Å². The number of hydrogen-bond acceptors (Lipinski definition) is 6. The lowest BCUT2D eigenvalue weighted by atomic mass is 9.97. The number of benzene rings is 2. The molecule has 182 valence electrons. The Balaban J connectivity index is 1.33. The largest absolute Gasteiger partial charge is 0.399 e. The molecule has 36 heavy (non-hydrogen) atoms. The monoisotopic (exact) mass is 502 g/mol. The Hall–Kier alpha value is -3.98. The van der Waals surface area contributed by atoms with Crippen molar-refractivity contribution in [2.24, 2.45) is 5.92 Å². The van der Waals surface area contributed by atoms with E-state index in [1.807, 2.05) is 47.3 Å². The van der Waals surface area contributed by atoms with E-state index >= 15 is 4.39 Å². The molecule has 3 heterocycles. The van der Waals surface area contributed by atoms with Gasteiger partial charge in [0.1, 0.15) is 6.33 Å². The van der Waals surface area contributed by atoms with E-state index in [0.717, 1.165) is 34.5 Å². The van der Waals surface area contributed by atoms with E-state index in [4.69, 9.17) is 22.4 Å². The SMILES string of the molecule is Nc1ccc(-c2cnn(C(CC3CC3)C3=CC=C(c4c(-n5cnnn5)ccc(Cl)c4F)CN3)c2)cc1. The fourth-order valence-corrected chi connectivity index (χ4v) is 4.75. The Kier molecular flexibility index (Phi) is 5.77. The third-order valence-electron chi connectivity index (χ3n) is 6.71. The van der Waals surface area contributed by atoms with Gasteiger partial charge in [0, 0.05) is 35.3 Å². The van der Waals surface area contributed by atoms with Crippen molar-refractivity contribution in [3.05, 3.63) is 89.4 Å². The molecule has 0 amide bonds. The van der Waals surface area contributed by atoms with Crippen molar-refractivity contribution in [1.82, 2.24) is 35.3 Å². The van der Waals surface area contributed by atoms with Crippen LogP contribution < -0.4 is 11.1 Å². The minimum absolute atomic E-state index is 0.0517. The van der Waals surface area contributed by atoms with E-state index in [2.05, 4.69) is 27.0 Å². The third-order valence-corrected chi connectivity index (χ3v) is 7.01. The first-order chi connectivity index (χ1) is 17.6. The Morgan fingerprint density at radius 1 is 1.11 bits per heavy atom. The second-order valence-electron chi connectivity index (χ2n) is 9.20. The average molecular weight is 503 g/mol. The maximum Gasteiger partial charge on any atom is 0.151 e. The predicted molar refractivity (Wildman–Crippen MR) is 137 cm³/mol. The quantitative estimate of drug-likeness (QED) is 0.352. The first-order valence-corrected chi connectivity index (χ1v) is 12.2. The van der Waals surface area contributed by atoms with Crippen molar-refractivity contribution in [2.45, 2.75) is 25.3 Å². The number of nitrogens with two attached hydrogens (primary N) is 1. The number of tetrazole rings is 1. The fraction of sp³-hybridized carbons (Fsp3) is 0.231. The molecule has 1 saturated carbocycles. The number of nitrogens with one attached hydrogen (secondary N) is 1. The first kappa shape index (κ1) is 22.5. The smallest absolute Gasteiger partial charge is 0.151 e. The van der Waals surface area contributed by atoms with Crippen molar-refractivity contribution >= 4 is 22.9 Å². The summed E-state index contributed by atoms with van der Waals surface area (Å²) in [6.07, 6.45) is 12.8. The first-order valence-electron chi connectivity index (χ1n) is 11.8. The highest BCUT2D eigenvalue weighted by Gasteiger charge is 2.30. The van der Waals surface area contributed by atoms with Crippen molar-refractivity contribution in [1.29, 1.82) is 0 Å². The molecule has 1 aliphatic carbocycles. The zero-order valence-corrected chi connectivity index (χ0v) is 20.1. The average Bonchev–Trinajstić information content (AvgIpc) is 3.33. The second kappa shape index (κ2) is 9.23. The van der Waals surface area contributed by atoms with Gasteiger partial charge < -0.3 is 11.1 Å². The van der Waals surface area contributed by atoms with Crippen LogP contribution in [0.3, 0.4) is 0 Å². The van der Waals surface area contributed by atoms with Crippen LogP contribution in [-0.2, 0) is 0 Å². The molecule has 1 fully saturated rings. The van der Waals surface area contributed by atoms with Gasteiger partial charge in [-0.2, -0.15) is 9.78 Å². The van der Waals surface area contributed by atoms with Crippen LogP contribution in [0.15, 0.2) is 73.0 Å². The summed E-state index contributed by atoms with van der Waals surface area (Å²) in [5.41, 5.74) is 11.4. The van der Waals surface area contributed by atoms with Crippen LogP contribution in [0.25, 0.3) is 22.4 Å². The molecule has 0 spiro atoms. The third kappa shape index (κ3) is 4.37. The number of nitrogens with zero attached hydrogens (tertiary/aromatic N) is 6. The molecule has 4 aromatic rings. The highest BCUT2D eigenvalue weighted by atomic mass is 35.5. The van der Waals surface area contributed by atoms with Gasteiger partial charge in [-0.1, -0.05) is 42.7 Å². The molecule has 10 heteroatoms. The molecular formula is C26H24ClFN8. The van der Waals surface area contributed by atoms with E-state index in [-0.39, 0.29) is 11.1 Å². The number of halogens is 2. The van der Waals surface area contributed by atoms with E-state index in [1.54, 1.807) is 6.07 Å². The van der Waals surface area contributed by atoms with Crippen LogP contribution in [0.5, 0.6) is 0 Å². The molecule has 1 atom stereocenters. The Morgan fingerprint density at radius 3 is 2.64 bits per heavy atom. The standard InChI is InChI=1S/C26H24ClFN8/c27-21-8-10-23(36-15-31-33-34-36)25(26(21)28)18-5-9-22(30-12-18)24(11-16-1-2-16)35-14-19(13-32-35)17-3-6-20(29)7-4-17/h3-10,13-16,24,30H,1-2,11-12,29H2. The van der Waals surface area contributed by atoms with Crippen LogP contribution in [0.2, 0.25) is 5.02 Å². The van der Waals surface area contributed by atoms with Gasteiger partial charge in [-0.25, -0.2) is 4.39 Å². The molecule has 3 N–H and O–H groups in total. The van der Waals surface area contributed by atoms with Crippen molar-refractivity contribution < 1.29 is 4.39 Å². The van der Waals surface area contributed by atoms with Gasteiger partial charge in [0.2, 0.25) is 0 Å². The van der Waals surface area contributed by atoms with Crippen molar-refractivity contribution in [3.8, 4) is 16.8 Å². The lowest BCUT2D eigenvalue weighted by Crippen LogP contribution is -2.28. The zero-order chi connectivity index (χ0) is 24.6. The molecule has 8 nitrogen and oxygen atoms in total. The zero-order valence-electron chi connectivity index (χ0n) is 19.4. The summed E-state index contributed by atoms with van der Waals surface area (Å²) in [5, 5.41) is 19.6. The maximum absolute atomic E-state index is 15.2. The van der Waals surface area contributed by atoms with Crippen LogP contribution >= 0.6 is 11.6 Å². The predicted octanol–water partition coefficient (Wildman–Crippen LogP) is 4.81. The molecule has 1 aliphatic heterocycles. The minimum atomic E-state index is -0.496. The fourth-order valence-electron chi connectivity index (χ4n) is 4.59. The minimum Gasteiger partial charge on any atom is -0.399 e. The van der Waals surface area contributed by atoms with E-state index in [9.17, 15) is 0 Å². The van der Waals surface area contributed by atoms with Gasteiger partial charge in [0.25, 0.3) is 0 Å². The highest BCUT2D eigenvalue weighted by Crippen LogP contribution is 2.40.